The molecule has 0 spiro atoms. The van der Waals surface area contributed by atoms with E-state index in [1.54, 1.807) is 11.8 Å². The quantitative estimate of drug-likeness (QED) is 0.124. The Balaban J connectivity index is 0.000000497. The smallest absolute Gasteiger partial charge is 0.195 e. The number of aromatic nitrogens is 1. The fourth-order valence-corrected chi connectivity index (χ4v) is 4.81. The number of pyridine rings is 1. The van der Waals surface area contributed by atoms with Gasteiger partial charge in [-0.05, 0) is 91.8 Å². The summed E-state index contributed by atoms with van der Waals surface area (Å²) in [6.07, 6.45) is 14.0. The molecule has 0 bridgehead atoms. The Morgan fingerprint density at radius 1 is 0.806 bits per heavy atom. The van der Waals surface area contributed by atoms with Crippen LogP contribution in [-0.4, -0.2) is 67.6 Å². The minimum atomic E-state index is 0.0570. The first-order valence-electron chi connectivity index (χ1n) is 13.6. The Morgan fingerprint density at radius 2 is 1.39 bits per heavy atom. The van der Waals surface area contributed by atoms with Gasteiger partial charge in [-0.15, -0.1) is 11.8 Å². The van der Waals surface area contributed by atoms with Crippen molar-refractivity contribution in [1.82, 2.24) is 14.8 Å². The molecule has 0 saturated carbocycles. The lowest BCUT2D eigenvalue weighted by Gasteiger charge is -2.10. The van der Waals surface area contributed by atoms with E-state index in [2.05, 4.69) is 56.3 Å². The van der Waals surface area contributed by atoms with Gasteiger partial charge < -0.3 is 9.80 Å². The summed E-state index contributed by atoms with van der Waals surface area (Å²) in [7, 11) is 8.51. The average molecular weight is 513 g/mol. The maximum atomic E-state index is 12.8. The molecule has 1 heterocycles. The Bertz CT molecular complexity index is 824. The minimum absolute atomic E-state index is 0.0570. The van der Waals surface area contributed by atoms with Crippen LogP contribution >= 0.6 is 11.8 Å². The SMILES string of the molecule is C[CH]CCCCCCN(C)C.Cc1ccc(C(=O)c2ccccc2)c(SCCCCCCN(C)C)n1. The van der Waals surface area contributed by atoms with Crippen LogP contribution < -0.4 is 0 Å². The molecule has 5 heteroatoms. The van der Waals surface area contributed by atoms with Gasteiger partial charge in [0.1, 0.15) is 5.03 Å². The highest BCUT2D eigenvalue weighted by molar-refractivity contribution is 7.99. The van der Waals surface area contributed by atoms with E-state index in [0.29, 0.717) is 0 Å². The Morgan fingerprint density at radius 3 is 1.97 bits per heavy atom. The van der Waals surface area contributed by atoms with Gasteiger partial charge >= 0.3 is 0 Å². The second-order valence-corrected chi connectivity index (χ2v) is 11.1. The average Bonchev–Trinajstić information content (AvgIpc) is 2.86. The van der Waals surface area contributed by atoms with E-state index in [9.17, 15) is 4.79 Å². The summed E-state index contributed by atoms with van der Waals surface area (Å²) < 4.78 is 0. The molecule has 0 aliphatic heterocycles. The number of thioether (sulfide) groups is 1. The van der Waals surface area contributed by atoms with Crippen LogP contribution in [0.4, 0.5) is 0 Å². The van der Waals surface area contributed by atoms with Crippen molar-refractivity contribution in [3.63, 3.8) is 0 Å². The first-order chi connectivity index (χ1) is 17.3. The molecule has 0 amide bonds. The second kappa shape index (κ2) is 20.4. The molecule has 2 aromatic rings. The van der Waals surface area contributed by atoms with Crippen LogP contribution in [0.1, 0.15) is 86.3 Å². The highest BCUT2D eigenvalue weighted by Gasteiger charge is 2.15. The van der Waals surface area contributed by atoms with Crippen LogP contribution in [0.15, 0.2) is 47.5 Å². The highest BCUT2D eigenvalue weighted by Crippen LogP contribution is 2.25. The van der Waals surface area contributed by atoms with Crippen molar-refractivity contribution in [1.29, 1.82) is 0 Å². The van der Waals surface area contributed by atoms with Crippen LogP contribution in [-0.2, 0) is 0 Å². The maximum absolute atomic E-state index is 12.8. The third-order valence-corrected chi connectivity index (χ3v) is 6.94. The van der Waals surface area contributed by atoms with Crippen molar-refractivity contribution in [3.8, 4) is 0 Å². The van der Waals surface area contributed by atoms with Crippen LogP contribution in [0.5, 0.6) is 0 Å². The molecule has 0 saturated heterocycles. The number of aryl methyl sites for hydroxylation is 1. The number of nitrogens with zero attached hydrogens (tertiary/aromatic N) is 3. The molecular formula is C31H50N3OS. The molecule has 36 heavy (non-hydrogen) atoms. The number of ketones is 1. The number of hydrogen-bond donors (Lipinski definition) is 0. The third-order valence-electron chi connectivity index (χ3n) is 5.87. The largest absolute Gasteiger partial charge is 0.309 e. The zero-order valence-corrected chi connectivity index (χ0v) is 24.6. The predicted octanol–water partition coefficient (Wildman–Crippen LogP) is 7.56. The molecule has 1 aromatic carbocycles. The van der Waals surface area contributed by atoms with Crippen molar-refractivity contribution in [3.05, 3.63) is 65.7 Å². The summed E-state index contributed by atoms with van der Waals surface area (Å²) in [5.41, 5.74) is 2.39. The van der Waals surface area contributed by atoms with Gasteiger partial charge in [-0.1, -0.05) is 75.8 Å². The number of unbranched alkanes of at least 4 members (excludes halogenated alkanes) is 8. The molecule has 0 aliphatic rings. The summed E-state index contributed by atoms with van der Waals surface area (Å²) in [5.74, 6) is 1.06. The van der Waals surface area contributed by atoms with E-state index in [4.69, 9.17) is 0 Å². The zero-order valence-electron chi connectivity index (χ0n) is 23.8. The Kier molecular flexibility index (Phi) is 18.3. The van der Waals surface area contributed by atoms with Gasteiger partial charge in [0.2, 0.25) is 0 Å². The van der Waals surface area contributed by atoms with Crippen LogP contribution in [0.3, 0.4) is 0 Å². The maximum Gasteiger partial charge on any atom is 0.195 e. The molecule has 1 aromatic heterocycles. The minimum Gasteiger partial charge on any atom is -0.309 e. The molecule has 1 radical (unpaired) electrons. The number of carbonyl (C=O) groups is 1. The second-order valence-electron chi connectivity index (χ2n) is 9.98. The van der Waals surface area contributed by atoms with Crippen LogP contribution in [0, 0.1) is 13.3 Å². The summed E-state index contributed by atoms with van der Waals surface area (Å²) in [4.78, 5) is 21.9. The molecule has 201 valence electrons. The lowest BCUT2D eigenvalue weighted by molar-refractivity contribution is 0.103. The number of rotatable bonds is 17. The monoisotopic (exact) mass is 512 g/mol. The van der Waals surface area contributed by atoms with E-state index >= 15 is 0 Å². The zero-order chi connectivity index (χ0) is 26.6. The van der Waals surface area contributed by atoms with E-state index in [-0.39, 0.29) is 5.78 Å². The Labute approximate surface area is 226 Å². The highest BCUT2D eigenvalue weighted by atomic mass is 32.2. The van der Waals surface area contributed by atoms with Crippen molar-refractivity contribution in [2.24, 2.45) is 0 Å². The normalized spacial score (nSPS) is 11.0. The topological polar surface area (TPSA) is 36.4 Å². The van der Waals surface area contributed by atoms with Crippen molar-refractivity contribution >= 4 is 17.5 Å². The Hall–Kier alpha value is -1.69. The molecular weight excluding hydrogens is 462 g/mol. The van der Waals surface area contributed by atoms with E-state index in [1.807, 2.05) is 49.4 Å². The molecule has 0 unspecified atom stereocenters. The van der Waals surface area contributed by atoms with Crippen LogP contribution in [0.2, 0.25) is 0 Å². The van der Waals surface area contributed by atoms with Gasteiger partial charge in [-0.2, -0.15) is 0 Å². The standard InChI is InChI=1S/C21H28N2OS.C10H22N/c1-17-13-14-19(20(24)18-11-7-6-8-12-18)21(22-17)25-16-10-5-4-9-15-23(2)3;1-4-5-6-7-8-9-10-11(2)3/h6-8,11-14H,4-5,9-10,15-16H2,1-3H3;4H,5-10H2,1-3H3. The predicted molar refractivity (Wildman–Crippen MR) is 158 cm³/mol. The molecule has 4 nitrogen and oxygen atoms in total. The van der Waals surface area contributed by atoms with Gasteiger partial charge in [-0.3, -0.25) is 4.79 Å². The number of benzene rings is 1. The molecule has 0 aliphatic carbocycles. The molecule has 0 N–H and O–H groups in total. The number of carbonyl (C=O) groups excluding carboxylic acids is 1. The number of hydrogen-bond acceptors (Lipinski definition) is 5. The summed E-state index contributed by atoms with van der Waals surface area (Å²) in [6, 6.07) is 13.3. The first kappa shape index (κ1) is 32.3. The summed E-state index contributed by atoms with van der Waals surface area (Å²) in [6.45, 7) is 6.51. The van der Waals surface area contributed by atoms with E-state index in [0.717, 1.165) is 40.6 Å². The first-order valence-corrected chi connectivity index (χ1v) is 14.6. The van der Waals surface area contributed by atoms with E-state index < -0.39 is 0 Å². The lowest BCUT2D eigenvalue weighted by atomic mass is 10.1. The fraction of sp³-hybridized carbons (Fsp3) is 0.581. The van der Waals surface area contributed by atoms with E-state index in [1.165, 1.54) is 57.9 Å². The van der Waals surface area contributed by atoms with Crippen LogP contribution in [0.25, 0.3) is 0 Å². The van der Waals surface area contributed by atoms with Crippen molar-refractivity contribution < 1.29 is 4.79 Å². The lowest BCUT2D eigenvalue weighted by Crippen LogP contribution is -2.12. The molecule has 2 rings (SSSR count). The van der Waals surface area contributed by atoms with Gasteiger partial charge in [0, 0.05) is 11.3 Å². The summed E-state index contributed by atoms with van der Waals surface area (Å²) >= 11 is 1.71. The third kappa shape index (κ3) is 15.4. The molecule has 0 atom stereocenters. The fourth-order valence-electron chi connectivity index (χ4n) is 3.74. The molecule has 0 fully saturated rings. The van der Waals surface area contributed by atoms with Crippen molar-refractivity contribution in [2.45, 2.75) is 76.7 Å². The van der Waals surface area contributed by atoms with Gasteiger partial charge in [0.15, 0.2) is 5.78 Å². The van der Waals surface area contributed by atoms with Crippen molar-refractivity contribution in [2.75, 3.05) is 47.0 Å². The van der Waals surface area contributed by atoms with Gasteiger partial charge in [0.25, 0.3) is 0 Å². The van der Waals surface area contributed by atoms with Gasteiger partial charge in [0.05, 0.1) is 5.56 Å². The van der Waals surface area contributed by atoms with Gasteiger partial charge in [-0.25, -0.2) is 4.98 Å². The summed E-state index contributed by atoms with van der Waals surface area (Å²) in [5, 5.41) is 0.863.